The van der Waals surface area contributed by atoms with Gasteiger partial charge in [-0.25, -0.2) is 0 Å². The van der Waals surface area contributed by atoms with E-state index in [9.17, 15) is 4.57 Å². The Hall–Kier alpha value is -0.150. The van der Waals surface area contributed by atoms with Crippen LogP contribution in [0.1, 0.15) is 6.42 Å². The maximum Gasteiger partial charge on any atom is 0.356 e. The lowest BCUT2D eigenvalue weighted by Gasteiger charge is -1.95. The summed E-state index contributed by atoms with van der Waals surface area (Å²) in [5.41, 5.74) is 1.05. The summed E-state index contributed by atoms with van der Waals surface area (Å²) in [7, 11) is -3.99. The average Bonchev–Trinajstić information content (AvgIpc) is 2.53. The standard InChI is InChI=1S/C6H9O4P/c1-3-2-4(3)5-6(10-5)11(7,8)9/h4-6H,1-2H2,(H2,7,8,9). The fourth-order valence-corrected chi connectivity index (χ4v) is 2.14. The van der Waals surface area contributed by atoms with Crippen molar-refractivity contribution in [1.82, 2.24) is 0 Å². The molecule has 1 saturated heterocycles. The van der Waals surface area contributed by atoms with Crippen LogP contribution in [0.2, 0.25) is 0 Å². The molecule has 1 aliphatic heterocycles. The minimum atomic E-state index is -3.99. The first-order chi connectivity index (χ1) is 5.00. The second kappa shape index (κ2) is 1.96. The van der Waals surface area contributed by atoms with Gasteiger partial charge < -0.3 is 14.5 Å². The van der Waals surface area contributed by atoms with E-state index in [0.29, 0.717) is 0 Å². The zero-order valence-corrected chi connectivity index (χ0v) is 6.70. The highest BCUT2D eigenvalue weighted by Gasteiger charge is 2.59. The van der Waals surface area contributed by atoms with Crippen LogP contribution >= 0.6 is 7.60 Å². The van der Waals surface area contributed by atoms with Crippen molar-refractivity contribution in [2.45, 2.75) is 18.4 Å². The van der Waals surface area contributed by atoms with Gasteiger partial charge in [-0.2, -0.15) is 0 Å². The lowest BCUT2D eigenvalue weighted by atomic mass is 10.3. The molecule has 1 saturated carbocycles. The Kier molecular flexibility index (Phi) is 1.33. The van der Waals surface area contributed by atoms with Gasteiger partial charge in [0, 0.05) is 5.92 Å². The monoisotopic (exact) mass is 176 g/mol. The molecule has 5 heteroatoms. The maximum atomic E-state index is 10.6. The third-order valence-corrected chi connectivity index (χ3v) is 3.15. The van der Waals surface area contributed by atoms with E-state index < -0.39 is 13.4 Å². The number of hydrogen-bond acceptors (Lipinski definition) is 2. The van der Waals surface area contributed by atoms with Gasteiger partial charge >= 0.3 is 7.60 Å². The van der Waals surface area contributed by atoms with Crippen molar-refractivity contribution < 1.29 is 19.1 Å². The second-order valence-electron chi connectivity index (χ2n) is 3.05. The first kappa shape index (κ1) is 7.50. The SMILES string of the molecule is C=C1CC1C1OC1P(=O)(O)O. The van der Waals surface area contributed by atoms with Crippen LogP contribution in [0, 0.1) is 5.92 Å². The third-order valence-electron chi connectivity index (χ3n) is 2.08. The molecule has 2 rings (SSSR count). The van der Waals surface area contributed by atoms with Crippen molar-refractivity contribution in [1.29, 1.82) is 0 Å². The van der Waals surface area contributed by atoms with Crippen molar-refractivity contribution in [3.8, 4) is 0 Å². The summed E-state index contributed by atoms with van der Waals surface area (Å²) in [6, 6.07) is 0. The summed E-state index contributed by atoms with van der Waals surface area (Å²) in [5, 5.41) is 0. The van der Waals surface area contributed by atoms with Crippen LogP contribution in [0.5, 0.6) is 0 Å². The Bertz CT molecular complexity index is 255. The van der Waals surface area contributed by atoms with E-state index in [1.165, 1.54) is 0 Å². The molecule has 0 aromatic rings. The predicted octanol–water partition coefficient (Wildman–Crippen LogP) is 0.465. The van der Waals surface area contributed by atoms with Crippen LogP contribution in [-0.4, -0.2) is 21.7 Å². The van der Waals surface area contributed by atoms with E-state index in [4.69, 9.17) is 14.5 Å². The number of epoxide rings is 1. The van der Waals surface area contributed by atoms with Crippen molar-refractivity contribution in [3.63, 3.8) is 0 Å². The molecule has 4 nitrogen and oxygen atoms in total. The van der Waals surface area contributed by atoms with E-state index in [2.05, 4.69) is 6.58 Å². The van der Waals surface area contributed by atoms with Crippen LogP contribution in [0.3, 0.4) is 0 Å². The molecule has 11 heavy (non-hydrogen) atoms. The Morgan fingerprint density at radius 3 is 2.45 bits per heavy atom. The Morgan fingerprint density at radius 2 is 2.18 bits per heavy atom. The smallest absolute Gasteiger partial charge is 0.355 e. The summed E-state index contributed by atoms with van der Waals surface area (Å²) in [6.45, 7) is 3.69. The molecule has 0 bridgehead atoms. The summed E-state index contributed by atoms with van der Waals surface area (Å²) < 4.78 is 15.4. The van der Waals surface area contributed by atoms with Gasteiger partial charge in [0.05, 0.1) is 0 Å². The van der Waals surface area contributed by atoms with Crippen LogP contribution in [-0.2, 0) is 9.30 Å². The van der Waals surface area contributed by atoms with Gasteiger partial charge in [-0.15, -0.1) is 0 Å². The molecule has 0 amide bonds. The molecule has 1 heterocycles. The Labute approximate surface area is 64.0 Å². The van der Waals surface area contributed by atoms with Gasteiger partial charge in [-0.05, 0) is 6.42 Å². The summed E-state index contributed by atoms with van der Waals surface area (Å²) >= 11 is 0. The fraction of sp³-hybridized carbons (Fsp3) is 0.667. The quantitative estimate of drug-likeness (QED) is 0.364. The first-order valence-corrected chi connectivity index (χ1v) is 5.06. The van der Waals surface area contributed by atoms with Gasteiger partial charge in [-0.1, -0.05) is 12.2 Å². The molecule has 0 spiro atoms. The van der Waals surface area contributed by atoms with Gasteiger partial charge in [0.1, 0.15) is 6.10 Å². The Balaban J connectivity index is 1.96. The molecular weight excluding hydrogens is 167 g/mol. The van der Waals surface area contributed by atoms with E-state index in [-0.39, 0.29) is 12.0 Å². The van der Waals surface area contributed by atoms with Crippen LogP contribution < -0.4 is 0 Å². The summed E-state index contributed by atoms with van der Waals surface area (Å²) in [4.78, 5) is 17.3. The molecular formula is C6H9O4P. The van der Waals surface area contributed by atoms with Gasteiger partial charge in [0.15, 0.2) is 5.85 Å². The first-order valence-electron chi connectivity index (χ1n) is 3.38. The molecule has 2 N–H and O–H groups in total. The normalized spacial score (nSPS) is 42.4. The highest BCUT2D eigenvalue weighted by atomic mass is 31.2. The lowest BCUT2D eigenvalue weighted by Crippen LogP contribution is -1.96. The van der Waals surface area contributed by atoms with E-state index >= 15 is 0 Å². The maximum absolute atomic E-state index is 10.6. The highest BCUT2D eigenvalue weighted by Crippen LogP contribution is 2.60. The van der Waals surface area contributed by atoms with Crippen molar-refractivity contribution in [3.05, 3.63) is 12.2 Å². The molecule has 2 fully saturated rings. The number of hydrogen-bond donors (Lipinski definition) is 2. The van der Waals surface area contributed by atoms with E-state index in [1.54, 1.807) is 0 Å². The fourth-order valence-electron chi connectivity index (χ4n) is 1.25. The van der Waals surface area contributed by atoms with Gasteiger partial charge in [0.25, 0.3) is 0 Å². The predicted molar refractivity (Wildman–Crippen MR) is 38.0 cm³/mol. The summed E-state index contributed by atoms with van der Waals surface area (Å²) in [5.74, 6) is -0.626. The number of ether oxygens (including phenoxy) is 1. The van der Waals surface area contributed by atoms with Crippen LogP contribution in [0.15, 0.2) is 12.2 Å². The molecule has 3 atom stereocenters. The molecule has 0 radical (unpaired) electrons. The lowest BCUT2D eigenvalue weighted by molar-refractivity contribution is 0.328. The molecule has 3 unspecified atom stereocenters. The molecule has 1 aliphatic carbocycles. The van der Waals surface area contributed by atoms with Gasteiger partial charge in [0.2, 0.25) is 0 Å². The molecule has 0 aromatic carbocycles. The molecule has 0 aromatic heterocycles. The zero-order valence-electron chi connectivity index (χ0n) is 5.80. The number of rotatable bonds is 2. The van der Waals surface area contributed by atoms with Crippen LogP contribution in [0.4, 0.5) is 0 Å². The highest BCUT2D eigenvalue weighted by molar-refractivity contribution is 7.52. The Morgan fingerprint density at radius 1 is 1.64 bits per heavy atom. The van der Waals surface area contributed by atoms with Crippen molar-refractivity contribution >= 4 is 7.60 Å². The van der Waals surface area contributed by atoms with Crippen molar-refractivity contribution in [2.75, 3.05) is 0 Å². The van der Waals surface area contributed by atoms with Crippen LogP contribution in [0.25, 0.3) is 0 Å². The molecule has 62 valence electrons. The van der Waals surface area contributed by atoms with Gasteiger partial charge in [-0.3, -0.25) is 4.57 Å². The minimum Gasteiger partial charge on any atom is -0.355 e. The third kappa shape index (κ3) is 1.27. The largest absolute Gasteiger partial charge is 0.356 e. The zero-order chi connectivity index (χ0) is 8.22. The van der Waals surface area contributed by atoms with Crippen molar-refractivity contribution in [2.24, 2.45) is 5.92 Å². The summed E-state index contributed by atoms with van der Waals surface area (Å²) in [6.07, 6.45) is 0.615. The van der Waals surface area contributed by atoms with E-state index in [1.807, 2.05) is 0 Å². The second-order valence-corrected chi connectivity index (χ2v) is 4.74. The average molecular weight is 176 g/mol. The topological polar surface area (TPSA) is 70.1 Å². The minimum absolute atomic E-state index is 0.215. The molecule has 2 aliphatic rings. The van der Waals surface area contributed by atoms with E-state index in [0.717, 1.165) is 12.0 Å².